The molecule has 0 amide bonds. The van der Waals surface area contributed by atoms with Crippen molar-refractivity contribution >= 4 is 37.4 Å². The summed E-state index contributed by atoms with van der Waals surface area (Å²) in [4.78, 5) is 0. The smallest absolute Gasteiger partial charge is 0.0488 e. The highest BCUT2D eigenvalue weighted by Crippen LogP contribution is 2.56. The zero-order valence-corrected chi connectivity index (χ0v) is 14.0. The molecule has 1 saturated carbocycles. The molecule has 0 radical (unpaired) electrons. The first kappa shape index (κ1) is 13.5. The summed E-state index contributed by atoms with van der Waals surface area (Å²) >= 11 is 5.42. The second kappa shape index (κ2) is 4.94. The number of halogens is 1. The van der Waals surface area contributed by atoms with Crippen LogP contribution in [-0.2, 0) is 5.41 Å². The molecule has 1 fully saturated rings. The van der Waals surface area contributed by atoms with Crippen LogP contribution in [-0.4, -0.2) is 0 Å². The van der Waals surface area contributed by atoms with E-state index in [0.717, 1.165) is 4.47 Å². The fraction of sp³-hybridized carbons (Fsp3) is 0.222. The lowest BCUT2D eigenvalue weighted by Crippen LogP contribution is -2.26. The molecule has 0 bridgehead atoms. The van der Waals surface area contributed by atoms with Gasteiger partial charge >= 0.3 is 0 Å². The minimum atomic E-state index is 0.0722. The van der Waals surface area contributed by atoms with Crippen molar-refractivity contribution in [1.29, 1.82) is 0 Å². The van der Waals surface area contributed by atoms with E-state index in [4.69, 9.17) is 5.73 Å². The van der Waals surface area contributed by atoms with Gasteiger partial charge in [-0.3, -0.25) is 0 Å². The molecule has 1 aromatic heterocycles. The Bertz CT molecular complexity index is 789. The van der Waals surface area contributed by atoms with Crippen LogP contribution in [0.5, 0.6) is 0 Å². The number of hydrogen-bond donors (Lipinski definition) is 1. The molecule has 0 saturated heterocycles. The van der Waals surface area contributed by atoms with Gasteiger partial charge in [-0.2, -0.15) is 0 Å². The van der Waals surface area contributed by atoms with E-state index in [1.807, 2.05) is 0 Å². The maximum absolute atomic E-state index is 6.72. The fourth-order valence-electron chi connectivity index (χ4n) is 3.26. The first-order valence-corrected chi connectivity index (χ1v) is 8.86. The highest BCUT2D eigenvalue weighted by atomic mass is 79.9. The van der Waals surface area contributed by atoms with E-state index < -0.39 is 0 Å². The van der Waals surface area contributed by atoms with Gasteiger partial charge in [-0.1, -0.05) is 42.5 Å². The predicted molar refractivity (Wildman–Crippen MR) is 93.8 cm³/mol. The molecule has 4 rings (SSSR count). The van der Waals surface area contributed by atoms with Gasteiger partial charge in [-0.05, 0) is 56.7 Å². The van der Waals surface area contributed by atoms with Crippen molar-refractivity contribution in [2.24, 2.45) is 5.73 Å². The molecule has 3 aromatic rings. The molecule has 1 atom stereocenters. The lowest BCUT2D eigenvalue weighted by Gasteiger charge is -2.24. The van der Waals surface area contributed by atoms with Gasteiger partial charge in [0.2, 0.25) is 0 Å². The third-order valence-corrected chi connectivity index (χ3v) is 6.62. The number of fused-ring (bicyclic) bond motifs is 1. The van der Waals surface area contributed by atoms with E-state index in [2.05, 4.69) is 69.8 Å². The highest BCUT2D eigenvalue weighted by molar-refractivity contribution is 9.10. The lowest BCUT2D eigenvalue weighted by molar-refractivity contribution is 0.546. The average molecular weight is 358 g/mol. The van der Waals surface area contributed by atoms with Gasteiger partial charge in [0.1, 0.15) is 0 Å². The summed E-state index contributed by atoms with van der Waals surface area (Å²) in [7, 11) is 0. The van der Waals surface area contributed by atoms with Gasteiger partial charge in [0.05, 0.1) is 0 Å². The van der Waals surface area contributed by atoms with Gasteiger partial charge in [0, 0.05) is 20.6 Å². The van der Waals surface area contributed by atoms with Crippen LogP contribution in [0, 0.1) is 0 Å². The largest absolute Gasteiger partial charge is 0.323 e. The minimum Gasteiger partial charge on any atom is -0.323 e. The Morgan fingerprint density at radius 1 is 1.05 bits per heavy atom. The van der Waals surface area contributed by atoms with E-state index in [0.29, 0.717) is 0 Å². The van der Waals surface area contributed by atoms with Gasteiger partial charge in [-0.25, -0.2) is 0 Å². The topological polar surface area (TPSA) is 26.0 Å². The summed E-state index contributed by atoms with van der Waals surface area (Å²) in [5, 5.41) is 3.53. The van der Waals surface area contributed by atoms with Crippen LogP contribution in [0.1, 0.15) is 30.0 Å². The molecule has 1 unspecified atom stereocenters. The maximum Gasteiger partial charge on any atom is 0.0488 e. The molecule has 3 heteroatoms. The molecule has 1 nitrogen and oxygen atoms in total. The van der Waals surface area contributed by atoms with E-state index in [9.17, 15) is 0 Å². The Hall–Kier alpha value is -1.16. The van der Waals surface area contributed by atoms with Gasteiger partial charge < -0.3 is 5.73 Å². The van der Waals surface area contributed by atoms with Crippen LogP contribution in [0.4, 0.5) is 0 Å². The Morgan fingerprint density at radius 3 is 2.52 bits per heavy atom. The first-order valence-electron chi connectivity index (χ1n) is 7.19. The average Bonchev–Trinajstić information content (AvgIpc) is 3.22. The normalized spacial score (nSPS) is 17.8. The third kappa shape index (κ3) is 2.07. The van der Waals surface area contributed by atoms with Crippen molar-refractivity contribution in [3.8, 4) is 0 Å². The number of rotatable bonds is 3. The summed E-state index contributed by atoms with van der Waals surface area (Å²) in [5.41, 5.74) is 9.53. The summed E-state index contributed by atoms with van der Waals surface area (Å²) in [6.45, 7) is 0. The zero-order valence-electron chi connectivity index (χ0n) is 11.6. The number of nitrogens with two attached hydrogens (primary N) is 1. The molecule has 0 aliphatic heterocycles. The molecule has 21 heavy (non-hydrogen) atoms. The molecule has 0 spiro atoms. The summed E-state index contributed by atoms with van der Waals surface area (Å²) in [6.07, 6.45) is 2.37. The van der Waals surface area contributed by atoms with Crippen molar-refractivity contribution in [1.82, 2.24) is 0 Å². The molecule has 1 heterocycles. The van der Waals surface area contributed by atoms with E-state index in [-0.39, 0.29) is 11.5 Å². The summed E-state index contributed by atoms with van der Waals surface area (Å²) in [5.74, 6) is 0. The Morgan fingerprint density at radius 2 is 1.81 bits per heavy atom. The Labute approximate surface area is 136 Å². The SMILES string of the molecule is NC(c1csc2c(Br)cccc12)C1(c2ccccc2)CC1. The maximum atomic E-state index is 6.72. The van der Waals surface area contributed by atoms with Crippen molar-refractivity contribution in [3.63, 3.8) is 0 Å². The summed E-state index contributed by atoms with van der Waals surface area (Å²) in [6, 6.07) is 17.2. The highest BCUT2D eigenvalue weighted by Gasteiger charge is 2.50. The van der Waals surface area contributed by atoms with Crippen LogP contribution in [0.2, 0.25) is 0 Å². The standard InChI is InChI=1S/C18H16BrNS/c19-15-8-4-7-13-14(11-21-16(13)15)17(20)18(9-10-18)12-5-2-1-3-6-12/h1-8,11,17H,9-10,20H2. The summed E-state index contributed by atoms with van der Waals surface area (Å²) < 4.78 is 2.46. The van der Waals surface area contributed by atoms with E-state index in [1.54, 1.807) is 11.3 Å². The fourth-order valence-corrected chi connectivity index (χ4v) is 4.92. The molecule has 106 valence electrons. The van der Waals surface area contributed by atoms with Gasteiger partial charge in [0.15, 0.2) is 0 Å². The number of hydrogen-bond acceptors (Lipinski definition) is 2. The van der Waals surface area contributed by atoms with E-state index in [1.165, 1.54) is 34.1 Å². The molecule has 2 N–H and O–H groups in total. The lowest BCUT2D eigenvalue weighted by atomic mass is 9.84. The number of benzene rings is 2. The third-order valence-electron chi connectivity index (χ3n) is 4.65. The molecule has 1 aliphatic rings. The van der Waals surface area contributed by atoms with Crippen molar-refractivity contribution in [3.05, 3.63) is 69.5 Å². The van der Waals surface area contributed by atoms with E-state index >= 15 is 0 Å². The second-order valence-electron chi connectivity index (χ2n) is 5.81. The van der Waals surface area contributed by atoms with Crippen LogP contribution >= 0.6 is 27.3 Å². The van der Waals surface area contributed by atoms with Crippen molar-refractivity contribution in [2.45, 2.75) is 24.3 Å². The van der Waals surface area contributed by atoms with Gasteiger partial charge in [0.25, 0.3) is 0 Å². The zero-order chi connectivity index (χ0) is 14.4. The van der Waals surface area contributed by atoms with Crippen LogP contribution in [0.25, 0.3) is 10.1 Å². The predicted octanol–water partition coefficient (Wildman–Crippen LogP) is 5.40. The molecule has 2 aromatic carbocycles. The second-order valence-corrected chi connectivity index (χ2v) is 7.54. The number of thiophene rings is 1. The van der Waals surface area contributed by atoms with Crippen molar-refractivity contribution < 1.29 is 0 Å². The van der Waals surface area contributed by atoms with Crippen molar-refractivity contribution in [2.75, 3.05) is 0 Å². The molecule has 1 aliphatic carbocycles. The molecular formula is C18H16BrNS. The van der Waals surface area contributed by atoms with Gasteiger partial charge in [-0.15, -0.1) is 11.3 Å². The van der Waals surface area contributed by atoms with Crippen LogP contribution in [0.15, 0.2) is 58.4 Å². The Balaban J connectivity index is 1.81. The quantitative estimate of drug-likeness (QED) is 0.667. The minimum absolute atomic E-state index is 0.0722. The monoisotopic (exact) mass is 357 g/mol. The van der Waals surface area contributed by atoms with Crippen LogP contribution in [0.3, 0.4) is 0 Å². The first-order chi connectivity index (χ1) is 10.2. The van der Waals surface area contributed by atoms with Crippen LogP contribution < -0.4 is 5.73 Å². The Kier molecular flexibility index (Phi) is 3.18. The molecular weight excluding hydrogens is 342 g/mol.